The zero-order valence-corrected chi connectivity index (χ0v) is 14.9. The monoisotopic (exact) mass is 349 g/mol. The summed E-state index contributed by atoms with van der Waals surface area (Å²) in [6.45, 7) is 2.15. The number of hydrogen-bond donors (Lipinski definition) is 2. The highest BCUT2D eigenvalue weighted by atomic mass is 16.1. The molecule has 2 heterocycles. The van der Waals surface area contributed by atoms with Gasteiger partial charge < -0.3 is 16.0 Å². The number of carbonyl (C=O) groups excluding carboxylic acids is 1. The SMILES string of the molecule is CN1CCC(n2cc(NC(=O)c3cccc4c(N)cccc34)cn2)CC1. The topological polar surface area (TPSA) is 76.2 Å². The zero-order valence-electron chi connectivity index (χ0n) is 14.9. The molecular formula is C20H23N5O. The smallest absolute Gasteiger partial charge is 0.256 e. The summed E-state index contributed by atoms with van der Waals surface area (Å²) < 4.78 is 1.98. The highest BCUT2D eigenvalue weighted by Crippen LogP contribution is 2.26. The third-order valence-corrected chi connectivity index (χ3v) is 5.12. The summed E-state index contributed by atoms with van der Waals surface area (Å²) in [5.41, 5.74) is 8.03. The second-order valence-electron chi connectivity index (χ2n) is 6.95. The average Bonchev–Trinajstić information content (AvgIpc) is 3.10. The van der Waals surface area contributed by atoms with Gasteiger partial charge in [-0.05, 0) is 50.5 Å². The van der Waals surface area contributed by atoms with Gasteiger partial charge in [0.15, 0.2) is 0 Å². The molecule has 1 fully saturated rings. The van der Waals surface area contributed by atoms with Gasteiger partial charge in [0.1, 0.15) is 0 Å². The summed E-state index contributed by atoms with van der Waals surface area (Å²) in [6, 6.07) is 11.6. The first-order valence-corrected chi connectivity index (χ1v) is 8.93. The summed E-state index contributed by atoms with van der Waals surface area (Å²) in [5.74, 6) is -0.149. The Morgan fingerprint density at radius 1 is 1.15 bits per heavy atom. The number of piperidine rings is 1. The van der Waals surface area contributed by atoms with E-state index in [1.807, 2.05) is 47.3 Å². The van der Waals surface area contributed by atoms with Crippen LogP contribution in [0.25, 0.3) is 10.8 Å². The second kappa shape index (κ2) is 6.80. The van der Waals surface area contributed by atoms with E-state index in [1.54, 1.807) is 6.20 Å². The van der Waals surface area contributed by atoms with Crippen molar-refractivity contribution in [3.05, 3.63) is 54.4 Å². The van der Waals surface area contributed by atoms with Crippen LogP contribution in [0.1, 0.15) is 29.2 Å². The molecule has 0 radical (unpaired) electrons. The molecule has 26 heavy (non-hydrogen) atoms. The first-order chi connectivity index (χ1) is 12.6. The number of hydrogen-bond acceptors (Lipinski definition) is 4. The highest BCUT2D eigenvalue weighted by molar-refractivity contribution is 6.14. The van der Waals surface area contributed by atoms with Crippen LogP contribution in [-0.2, 0) is 0 Å². The van der Waals surface area contributed by atoms with E-state index in [-0.39, 0.29) is 5.91 Å². The molecule has 3 N–H and O–H groups in total. The maximum Gasteiger partial charge on any atom is 0.256 e. The number of carbonyl (C=O) groups is 1. The molecule has 2 aromatic carbocycles. The zero-order chi connectivity index (χ0) is 18.1. The number of benzene rings is 2. The van der Waals surface area contributed by atoms with E-state index >= 15 is 0 Å². The fourth-order valence-corrected chi connectivity index (χ4v) is 3.59. The fourth-order valence-electron chi connectivity index (χ4n) is 3.59. The van der Waals surface area contributed by atoms with Gasteiger partial charge in [0.05, 0.1) is 17.9 Å². The van der Waals surface area contributed by atoms with Crippen molar-refractivity contribution in [2.75, 3.05) is 31.2 Å². The van der Waals surface area contributed by atoms with E-state index in [2.05, 4.69) is 22.4 Å². The van der Waals surface area contributed by atoms with Gasteiger partial charge in [-0.2, -0.15) is 5.10 Å². The molecule has 0 aliphatic carbocycles. The van der Waals surface area contributed by atoms with Crippen molar-refractivity contribution in [1.82, 2.24) is 14.7 Å². The third-order valence-electron chi connectivity index (χ3n) is 5.12. The molecule has 0 bridgehead atoms. The van der Waals surface area contributed by atoms with Gasteiger partial charge in [-0.15, -0.1) is 0 Å². The Morgan fingerprint density at radius 2 is 1.88 bits per heavy atom. The predicted octanol–water partition coefficient (Wildman–Crippen LogP) is 3.14. The molecule has 0 spiro atoms. The van der Waals surface area contributed by atoms with Crippen LogP contribution in [0, 0.1) is 0 Å². The number of amides is 1. The molecular weight excluding hydrogens is 326 g/mol. The first kappa shape index (κ1) is 16.6. The molecule has 0 saturated carbocycles. The summed E-state index contributed by atoms with van der Waals surface area (Å²) in [7, 11) is 2.14. The van der Waals surface area contributed by atoms with Gasteiger partial charge in [0.25, 0.3) is 5.91 Å². The van der Waals surface area contributed by atoms with E-state index in [0.29, 0.717) is 17.3 Å². The number of aromatic nitrogens is 2. The number of fused-ring (bicyclic) bond motifs is 1. The molecule has 6 nitrogen and oxygen atoms in total. The maximum absolute atomic E-state index is 12.8. The van der Waals surface area contributed by atoms with Crippen molar-refractivity contribution in [2.45, 2.75) is 18.9 Å². The molecule has 4 rings (SSSR count). The highest BCUT2D eigenvalue weighted by Gasteiger charge is 2.19. The summed E-state index contributed by atoms with van der Waals surface area (Å²) in [5, 5.41) is 9.16. The molecule has 1 aliphatic rings. The molecule has 134 valence electrons. The molecule has 6 heteroatoms. The van der Waals surface area contributed by atoms with Crippen LogP contribution in [0.2, 0.25) is 0 Å². The normalized spacial score (nSPS) is 16.0. The van der Waals surface area contributed by atoms with E-state index in [9.17, 15) is 4.79 Å². The Morgan fingerprint density at radius 3 is 2.69 bits per heavy atom. The van der Waals surface area contributed by atoms with Gasteiger partial charge in [-0.3, -0.25) is 9.48 Å². The molecule has 1 saturated heterocycles. The number of nitrogen functional groups attached to an aromatic ring is 1. The molecule has 0 atom stereocenters. The molecule has 3 aromatic rings. The van der Waals surface area contributed by atoms with Crippen LogP contribution < -0.4 is 11.1 Å². The van der Waals surface area contributed by atoms with Crippen molar-refractivity contribution in [2.24, 2.45) is 0 Å². The summed E-state index contributed by atoms with van der Waals surface area (Å²) in [6.07, 6.45) is 5.80. The van der Waals surface area contributed by atoms with Gasteiger partial charge >= 0.3 is 0 Å². The van der Waals surface area contributed by atoms with Crippen LogP contribution in [0.4, 0.5) is 11.4 Å². The molecule has 1 aliphatic heterocycles. The number of anilines is 2. The van der Waals surface area contributed by atoms with Crippen LogP contribution in [0.15, 0.2) is 48.8 Å². The largest absolute Gasteiger partial charge is 0.398 e. The lowest BCUT2D eigenvalue weighted by atomic mass is 10.0. The van der Waals surface area contributed by atoms with E-state index in [0.717, 1.165) is 42.4 Å². The Hall–Kier alpha value is -2.86. The Labute approximate surface area is 152 Å². The number of nitrogens with zero attached hydrogens (tertiary/aromatic N) is 3. The number of rotatable bonds is 3. The van der Waals surface area contributed by atoms with Gasteiger partial charge in [0.2, 0.25) is 0 Å². The van der Waals surface area contributed by atoms with Crippen LogP contribution in [-0.4, -0.2) is 40.7 Å². The van der Waals surface area contributed by atoms with Crippen molar-refractivity contribution in [1.29, 1.82) is 0 Å². The minimum absolute atomic E-state index is 0.149. The van der Waals surface area contributed by atoms with Gasteiger partial charge in [-0.1, -0.05) is 24.3 Å². The molecule has 1 aromatic heterocycles. The minimum atomic E-state index is -0.149. The van der Waals surface area contributed by atoms with Gasteiger partial charge in [0, 0.05) is 22.8 Å². The standard InChI is InChI=1S/C20H23N5O/c1-24-10-8-15(9-11-24)25-13-14(12-22-25)23-20(26)18-6-2-5-17-16(18)4-3-7-19(17)21/h2-7,12-13,15H,8-11,21H2,1H3,(H,23,26). The fraction of sp³-hybridized carbons (Fsp3) is 0.300. The van der Waals surface area contributed by atoms with Crippen molar-refractivity contribution < 1.29 is 4.79 Å². The Kier molecular flexibility index (Phi) is 4.34. The van der Waals surface area contributed by atoms with E-state index < -0.39 is 0 Å². The van der Waals surface area contributed by atoms with Crippen LogP contribution in [0.5, 0.6) is 0 Å². The van der Waals surface area contributed by atoms with Crippen molar-refractivity contribution in [3.63, 3.8) is 0 Å². The summed E-state index contributed by atoms with van der Waals surface area (Å²) in [4.78, 5) is 15.1. The molecule has 0 unspecified atom stereocenters. The number of nitrogens with one attached hydrogen (secondary N) is 1. The lowest BCUT2D eigenvalue weighted by molar-refractivity contribution is 0.102. The minimum Gasteiger partial charge on any atom is -0.398 e. The lowest BCUT2D eigenvalue weighted by Crippen LogP contribution is -2.31. The predicted molar refractivity (Wildman–Crippen MR) is 104 cm³/mol. The first-order valence-electron chi connectivity index (χ1n) is 8.93. The van der Waals surface area contributed by atoms with Crippen molar-refractivity contribution >= 4 is 28.1 Å². The lowest BCUT2D eigenvalue weighted by Gasteiger charge is -2.28. The van der Waals surface area contributed by atoms with E-state index in [1.165, 1.54) is 0 Å². The van der Waals surface area contributed by atoms with Gasteiger partial charge in [-0.25, -0.2) is 0 Å². The number of nitrogens with two attached hydrogens (primary N) is 1. The maximum atomic E-state index is 12.8. The third kappa shape index (κ3) is 3.15. The van der Waals surface area contributed by atoms with Crippen LogP contribution in [0.3, 0.4) is 0 Å². The van der Waals surface area contributed by atoms with E-state index in [4.69, 9.17) is 5.73 Å². The number of likely N-dealkylation sites (tertiary alicyclic amines) is 1. The molecule has 1 amide bonds. The summed E-state index contributed by atoms with van der Waals surface area (Å²) >= 11 is 0. The average molecular weight is 349 g/mol. The Bertz CT molecular complexity index is 940. The second-order valence-corrected chi connectivity index (χ2v) is 6.95. The van der Waals surface area contributed by atoms with Crippen LogP contribution >= 0.6 is 0 Å². The van der Waals surface area contributed by atoms with Crippen molar-refractivity contribution in [3.8, 4) is 0 Å². The Balaban J connectivity index is 1.53. The quantitative estimate of drug-likeness (QED) is 0.712.